The molecule has 0 saturated carbocycles. The van der Waals surface area contributed by atoms with Crippen LogP contribution in [0.1, 0.15) is 24.5 Å². The van der Waals surface area contributed by atoms with Gasteiger partial charge in [-0.3, -0.25) is 9.59 Å². The fourth-order valence-electron chi connectivity index (χ4n) is 3.24. The summed E-state index contributed by atoms with van der Waals surface area (Å²) >= 11 is 5.80. The van der Waals surface area contributed by atoms with Crippen molar-refractivity contribution in [1.29, 1.82) is 0 Å². The van der Waals surface area contributed by atoms with Gasteiger partial charge in [0.25, 0.3) is 0 Å². The number of nitrogens with zero attached hydrogens (tertiary/aromatic N) is 1. The maximum Gasteiger partial charge on any atom is 0.328 e. The van der Waals surface area contributed by atoms with Crippen LogP contribution in [0.2, 0.25) is 0 Å². The van der Waals surface area contributed by atoms with E-state index in [0.29, 0.717) is 11.3 Å². The van der Waals surface area contributed by atoms with Crippen molar-refractivity contribution in [3.8, 4) is 5.75 Å². The Kier molecular flexibility index (Phi) is 10.2. The normalized spacial score (nSPS) is 12.6. The van der Waals surface area contributed by atoms with Crippen LogP contribution in [0.4, 0.5) is 0 Å². The molecule has 0 unspecified atom stereocenters. The number of halogens is 1. The zero-order valence-electron chi connectivity index (χ0n) is 18.2. The third-order valence-electron chi connectivity index (χ3n) is 5.03. The number of carbonyl (C=O) groups excluding carboxylic acids is 2. The fraction of sp³-hybridized carbons (Fsp3) is 0.375. The first-order valence-electron chi connectivity index (χ1n) is 10.2. The minimum Gasteiger partial charge on any atom is -0.497 e. The number of amides is 1. The van der Waals surface area contributed by atoms with Crippen molar-refractivity contribution in [2.24, 2.45) is 5.92 Å². The molecule has 0 bridgehead atoms. The van der Waals surface area contributed by atoms with Gasteiger partial charge >= 0.3 is 5.97 Å². The van der Waals surface area contributed by atoms with Crippen LogP contribution in [0.5, 0.6) is 5.75 Å². The predicted molar refractivity (Wildman–Crippen MR) is 121 cm³/mol. The van der Waals surface area contributed by atoms with Crippen molar-refractivity contribution in [2.75, 3.05) is 19.6 Å². The van der Waals surface area contributed by atoms with Gasteiger partial charge in [0, 0.05) is 12.4 Å². The number of ketones is 1. The molecule has 0 heterocycles. The van der Waals surface area contributed by atoms with Crippen LogP contribution in [-0.2, 0) is 32.3 Å². The Balaban J connectivity index is 2.27. The molecule has 0 aromatic heterocycles. The summed E-state index contributed by atoms with van der Waals surface area (Å²) in [6.45, 7) is 1.29. The van der Waals surface area contributed by atoms with Gasteiger partial charge in [0.2, 0.25) is 5.91 Å². The van der Waals surface area contributed by atoms with Gasteiger partial charge in [-0.1, -0.05) is 42.5 Å². The summed E-state index contributed by atoms with van der Waals surface area (Å²) in [6, 6.07) is 15.0. The van der Waals surface area contributed by atoms with Crippen molar-refractivity contribution in [3.05, 3.63) is 65.7 Å². The summed E-state index contributed by atoms with van der Waals surface area (Å²) < 4.78 is 10.8. The Hall–Kier alpha value is -2.90. The van der Waals surface area contributed by atoms with E-state index < -0.39 is 23.8 Å². The van der Waals surface area contributed by atoms with Gasteiger partial charge in [-0.25, -0.2) is 4.79 Å². The molecule has 32 heavy (non-hydrogen) atoms. The number of carboxylic acids is 1. The van der Waals surface area contributed by atoms with Gasteiger partial charge in [0.1, 0.15) is 11.5 Å². The molecule has 1 amide bonds. The standard InChI is InChI=1S/C24H28ClNO6/c1-17(27)21(12-13-25)23(28)26(14-18-8-10-20(31-2)11-9-18)22(24(29)30)16-32-15-19-6-4-3-5-7-19/h3-11,21-22H,12-16H2,1-2H3,(H,29,30)/t21-,22-/m1/s1. The van der Waals surface area contributed by atoms with E-state index in [4.69, 9.17) is 21.1 Å². The number of carboxylic acid groups (broad SMARTS) is 1. The Morgan fingerprint density at radius 1 is 1.03 bits per heavy atom. The molecule has 2 atom stereocenters. The van der Waals surface area contributed by atoms with Gasteiger partial charge in [-0.2, -0.15) is 0 Å². The van der Waals surface area contributed by atoms with Crippen molar-refractivity contribution in [3.63, 3.8) is 0 Å². The number of carbonyl (C=O) groups is 3. The molecular formula is C24H28ClNO6. The summed E-state index contributed by atoms with van der Waals surface area (Å²) in [7, 11) is 1.54. The number of rotatable bonds is 13. The maximum atomic E-state index is 13.3. The Morgan fingerprint density at radius 2 is 1.69 bits per heavy atom. The van der Waals surface area contributed by atoms with Crippen LogP contribution in [0.15, 0.2) is 54.6 Å². The predicted octanol–water partition coefficient (Wildman–Crippen LogP) is 3.53. The second-order valence-electron chi connectivity index (χ2n) is 7.31. The number of Topliss-reactive ketones (excluding diaryl/α,β-unsaturated/α-hetero) is 1. The molecule has 7 nitrogen and oxygen atoms in total. The molecule has 8 heteroatoms. The average molecular weight is 462 g/mol. The minimum atomic E-state index is -1.27. The molecule has 2 rings (SSSR count). The van der Waals surface area contributed by atoms with E-state index in [-0.39, 0.29) is 37.8 Å². The lowest BCUT2D eigenvalue weighted by Crippen LogP contribution is -2.50. The van der Waals surface area contributed by atoms with Crippen LogP contribution in [0.25, 0.3) is 0 Å². The molecule has 2 aromatic carbocycles. The van der Waals surface area contributed by atoms with Gasteiger partial charge < -0.3 is 19.5 Å². The van der Waals surface area contributed by atoms with Crippen LogP contribution in [-0.4, -0.2) is 53.3 Å². The zero-order chi connectivity index (χ0) is 23.5. The summed E-state index contributed by atoms with van der Waals surface area (Å²) in [5.74, 6) is -2.42. The number of hydrogen-bond donors (Lipinski definition) is 1. The molecule has 1 N–H and O–H groups in total. The van der Waals surface area contributed by atoms with Gasteiger partial charge in [0.15, 0.2) is 6.04 Å². The number of ether oxygens (including phenoxy) is 2. The monoisotopic (exact) mass is 461 g/mol. The van der Waals surface area contributed by atoms with E-state index in [1.807, 2.05) is 30.3 Å². The number of benzene rings is 2. The molecule has 0 aliphatic carbocycles. The minimum absolute atomic E-state index is 0.000553. The zero-order valence-corrected chi connectivity index (χ0v) is 19.0. The summed E-state index contributed by atoms with van der Waals surface area (Å²) in [5.41, 5.74) is 1.58. The number of methoxy groups -OCH3 is 1. The molecule has 0 aliphatic heterocycles. The van der Waals surface area contributed by atoms with E-state index in [1.165, 1.54) is 11.8 Å². The van der Waals surface area contributed by atoms with Crippen LogP contribution < -0.4 is 4.74 Å². The first-order valence-corrected chi connectivity index (χ1v) is 10.7. The molecule has 0 aliphatic rings. The highest BCUT2D eigenvalue weighted by Gasteiger charge is 2.35. The smallest absolute Gasteiger partial charge is 0.328 e. The lowest BCUT2D eigenvalue weighted by Gasteiger charge is -2.31. The van der Waals surface area contributed by atoms with E-state index in [9.17, 15) is 19.5 Å². The first kappa shape index (κ1) is 25.4. The number of aliphatic carboxylic acids is 1. The Labute approximate surface area is 192 Å². The largest absolute Gasteiger partial charge is 0.497 e. The summed E-state index contributed by atoms with van der Waals surface area (Å²) in [6.07, 6.45) is 0.131. The first-order chi connectivity index (χ1) is 15.4. The van der Waals surface area contributed by atoms with E-state index in [1.54, 1.807) is 31.4 Å². The lowest BCUT2D eigenvalue weighted by molar-refractivity contribution is -0.157. The van der Waals surface area contributed by atoms with E-state index in [2.05, 4.69) is 0 Å². The van der Waals surface area contributed by atoms with E-state index in [0.717, 1.165) is 5.56 Å². The van der Waals surface area contributed by atoms with Crippen molar-refractivity contribution >= 4 is 29.3 Å². The van der Waals surface area contributed by atoms with Gasteiger partial charge in [0.05, 0.1) is 26.2 Å². The van der Waals surface area contributed by atoms with Crippen molar-refractivity contribution in [2.45, 2.75) is 32.5 Å². The van der Waals surface area contributed by atoms with Gasteiger partial charge in [-0.15, -0.1) is 11.6 Å². The fourth-order valence-corrected chi connectivity index (χ4v) is 3.45. The van der Waals surface area contributed by atoms with E-state index >= 15 is 0 Å². The molecule has 2 aromatic rings. The molecule has 172 valence electrons. The molecule has 0 radical (unpaired) electrons. The molecular weight excluding hydrogens is 434 g/mol. The third-order valence-corrected chi connectivity index (χ3v) is 5.25. The van der Waals surface area contributed by atoms with Crippen molar-refractivity contribution < 1.29 is 29.0 Å². The molecule has 0 saturated heterocycles. The van der Waals surface area contributed by atoms with Crippen LogP contribution in [0.3, 0.4) is 0 Å². The maximum absolute atomic E-state index is 13.3. The Morgan fingerprint density at radius 3 is 2.22 bits per heavy atom. The SMILES string of the molecule is COc1ccc(CN(C(=O)[C@H](CCCl)C(C)=O)[C@H](COCc2ccccc2)C(=O)O)cc1. The highest BCUT2D eigenvalue weighted by Crippen LogP contribution is 2.20. The van der Waals surface area contributed by atoms with Gasteiger partial charge in [-0.05, 0) is 36.6 Å². The average Bonchev–Trinajstić information content (AvgIpc) is 2.79. The van der Waals surface area contributed by atoms with Crippen molar-refractivity contribution in [1.82, 2.24) is 4.90 Å². The highest BCUT2D eigenvalue weighted by atomic mass is 35.5. The number of alkyl halides is 1. The second kappa shape index (κ2) is 12.8. The second-order valence-corrected chi connectivity index (χ2v) is 7.69. The highest BCUT2D eigenvalue weighted by molar-refractivity contribution is 6.18. The third kappa shape index (κ3) is 7.35. The molecule has 0 spiro atoms. The Bertz CT molecular complexity index is 887. The summed E-state index contributed by atoms with van der Waals surface area (Å²) in [5, 5.41) is 9.90. The topological polar surface area (TPSA) is 93.1 Å². The van der Waals surface area contributed by atoms with Crippen LogP contribution in [0, 0.1) is 5.92 Å². The lowest BCUT2D eigenvalue weighted by atomic mass is 9.98. The quantitative estimate of drug-likeness (QED) is 0.362. The molecule has 0 fully saturated rings. The number of hydrogen-bond acceptors (Lipinski definition) is 5. The van der Waals surface area contributed by atoms with Crippen LogP contribution >= 0.6 is 11.6 Å². The summed E-state index contributed by atoms with van der Waals surface area (Å²) in [4.78, 5) is 38.7.